The van der Waals surface area contributed by atoms with Gasteiger partial charge >= 0.3 is 0 Å². The molecule has 5 heteroatoms. The minimum absolute atomic E-state index is 0.00859. The molecule has 114 valence electrons. The molecule has 0 unspecified atom stereocenters. The fourth-order valence-electron chi connectivity index (χ4n) is 2.13. The van der Waals surface area contributed by atoms with Gasteiger partial charge in [0.2, 0.25) is 0 Å². The second kappa shape index (κ2) is 6.12. The van der Waals surface area contributed by atoms with Crippen molar-refractivity contribution in [3.63, 3.8) is 0 Å². The molecular formula is C16H21FN2OS. The molecule has 1 aromatic heterocycles. The standard InChI is InChI=1S/C16H21FN2OS/c1-16(2,3)14-13(10-20)21-15(18-14)19(4)9-11-5-7-12(17)8-6-11/h5-8,20H,9-10H2,1-4H3. The van der Waals surface area contributed by atoms with Gasteiger partial charge in [0.05, 0.1) is 17.2 Å². The minimum Gasteiger partial charge on any atom is -0.391 e. The highest BCUT2D eigenvalue weighted by Gasteiger charge is 2.23. The van der Waals surface area contributed by atoms with Gasteiger partial charge in [-0.15, -0.1) is 0 Å². The number of aromatic nitrogens is 1. The molecule has 0 fully saturated rings. The summed E-state index contributed by atoms with van der Waals surface area (Å²) in [4.78, 5) is 7.60. The minimum atomic E-state index is -0.228. The highest BCUT2D eigenvalue weighted by molar-refractivity contribution is 7.15. The average Bonchev–Trinajstić information content (AvgIpc) is 2.85. The van der Waals surface area contributed by atoms with Crippen molar-refractivity contribution >= 4 is 16.5 Å². The molecule has 0 bridgehead atoms. The summed E-state index contributed by atoms with van der Waals surface area (Å²) in [5, 5.41) is 10.4. The van der Waals surface area contributed by atoms with Crippen molar-refractivity contribution in [1.29, 1.82) is 0 Å². The molecule has 2 rings (SSSR count). The topological polar surface area (TPSA) is 36.4 Å². The first-order chi connectivity index (χ1) is 9.81. The summed E-state index contributed by atoms with van der Waals surface area (Å²) in [5.41, 5.74) is 1.87. The van der Waals surface area contributed by atoms with E-state index >= 15 is 0 Å². The number of rotatable bonds is 4. The Hall–Kier alpha value is -1.46. The molecule has 0 atom stereocenters. The zero-order valence-corrected chi connectivity index (χ0v) is 13.7. The summed E-state index contributed by atoms with van der Waals surface area (Å²) in [5.74, 6) is -0.228. The summed E-state index contributed by atoms with van der Waals surface area (Å²) in [6.45, 7) is 6.93. The van der Waals surface area contributed by atoms with Crippen LogP contribution in [0.5, 0.6) is 0 Å². The van der Waals surface area contributed by atoms with Crippen molar-refractivity contribution in [3.05, 3.63) is 46.2 Å². The lowest BCUT2D eigenvalue weighted by Crippen LogP contribution is -2.18. The van der Waals surface area contributed by atoms with Crippen LogP contribution in [0, 0.1) is 5.82 Å². The number of aliphatic hydroxyl groups excluding tert-OH is 1. The molecule has 0 saturated carbocycles. The lowest BCUT2D eigenvalue weighted by molar-refractivity contribution is 0.282. The van der Waals surface area contributed by atoms with Crippen LogP contribution < -0.4 is 4.90 Å². The number of halogens is 1. The maximum absolute atomic E-state index is 12.9. The first-order valence-corrected chi connectivity index (χ1v) is 7.69. The molecular weight excluding hydrogens is 287 g/mol. The van der Waals surface area contributed by atoms with Crippen LogP contribution >= 0.6 is 11.3 Å². The molecule has 0 amide bonds. The molecule has 0 radical (unpaired) electrons. The van der Waals surface area contributed by atoms with Gasteiger partial charge < -0.3 is 10.0 Å². The highest BCUT2D eigenvalue weighted by Crippen LogP contribution is 2.33. The van der Waals surface area contributed by atoms with E-state index in [0.29, 0.717) is 6.54 Å². The van der Waals surface area contributed by atoms with Gasteiger partial charge in [-0.2, -0.15) is 0 Å². The van der Waals surface area contributed by atoms with Crippen LogP contribution in [0.3, 0.4) is 0 Å². The third-order valence-corrected chi connectivity index (χ3v) is 4.35. The van der Waals surface area contributed by atoms with Crippen LogP contribution in [0.2, 0.25) is 0 Å². The van der Waals surface area contributed by atoms with E-state index in [1.807, 2.05) is 11.9 Å². The Morgan fingerprint density at radius 1 is 1.24 bits per heavy atom. The van der Waals surface area contributed by atoms with Crippen molar-refractivity contribution in [2.75, 3.05) is 11.9 Å². The van der Waals surface area contributed by atoms with Gasteiger partial charge in [-0.1, -0.05) is 44.2 Å². The van der Waals surface area contributed by atoms with Gasteiger partial charge in [-0.3, -0.25) is 0 Å². The van der Waals surface area contributed by atoms with Crippen LogP contribution in [-0.4, -0.2) is 17.1 Å². The predicted molar refractivity (Wildman–Crippen MR) is 85.2 cm³/mol. The van der Waals surface area contributed by atoms with Crippen molar-refractivity contribution in [1.82, 2.24) is 4.98 Å². The van der Waals surface area contributed by atoms with Crippen LogP contribution in [0.1, 0.15) is 36.9 Å². The highest BCUT2D eigenvalue weighted by atomic mass is 32.1. The molecule has 0 spiro atoms. The van der Waals surface area contributed by atoms with E-state index in [4.69, 9.17) is 0 Å². The summed E-state index contributed by atoms with van der Waals surface area (Å²) in [6.07, 6.45) is 0. The zero-order chi connectivity index (χ0) is 15.6. The Labute approximate surface area is 129 Å². The van der Waals surface area contributed by atoms with Crippen LogP contribution in [-0.2, 0) is 18.6 Å². The molecule has 1 N–H and O–H groups in total. The first-order valence-electron chi connectivity index (χ1n) is 6.88. The van der Waals surface area contributed by atoms with Crippen molar-refractivity contribution in [2.45, 2.75) is 39.3 Å². The van der Waals surface area contributed by atoms with E-state index in [2.05, 4.69) is 25.8 Å². The number of hydrogen-bond donors (Lipinski definition) is 1. The molecule has 1 aromatic carbocycles. The van der Waals surface area contributed by atoms with Crippen molar-refractivity contribution < 1.29 is 9.50 Å². The SMILES string of the molecule is CN(Cc1ccc(F)cc1)c1nc(C(C)(C)C)c(CO)s1. The molecule has 0 saturated heterocycles. The summed E-state index contributed by atoms with van der Waals surface area (Å²) < 4.78 is 12.9. The molecule has 0 aliphatic rings. The predicted octanol–water partition coefficient (Wildman–Crippen LogP) is 3.71. The number of thiazole rings is 1. The van der Waals surface area contributed by atoms with E-state index in [9.17, 15) is 9.50 Å². The smallest absolute Gasteiger partial charge is 0.185 e. The Morgan fingerprint density at radius 3 is 2.33 bits per heavy atom. The molecule has 0 aliphatic heterocycles. The van der Waals surface area contributed by atoms with Crippen molar-refractivity contribution in [2.24, 2.45) is 0 Å². The zero-order valence-electron chi connectivity index (χ0n) is 12.9. The number of aliphatic hydroxyl groups is 1. The largest absolute Gasteiger partial charge is 0.391 e. The van der Waals surface area contributed by atoms with Gasteiger partial charge in [-0.05, 0) is 17.7 Å². The molecule has 2 aromatic rings. The lowest BCUT2D eigenvalue weighted by Gasteiger charge is -2.18. The van der Waals surface area contributed by atoms with Gasteiger partial charge in [0.15, 0.2) is 5.13 Å². The van der Waals surface area contributed by atoms with Gasteiger partial charge in [0, 0.05) is 19.0 Å². The fourth-order valence-corrected chi connectivity index (χ4v) is 3.22. The number of benzene rings is 1. The number of nitrogens with zero attached hydrogens (tertiary/aromatic N) is 2. The fraction of sp³-hybridized carbons (Fsp3) is 0.438. The third kappa shape index (κ3) is 3.80. The maximum atomic E-state index is 12.9. The Balaban J connectivity index is 2.21. The molecule has 1 heterocycles. The second-order valence-electron chi connectivity index (χ2n) is 6.16. The second-order valence-corrected chi connectivity index (χ2v) is 7.22. The lowest BCUT2D eigenvalue weighted by atomic mass is 9.91. The Morgan fingerprint density at radius 2 is 1.86 bits per heavy atom. The molecule has 0 aliphatic carbocycles. The normalized spacial score (nSPS) is 11.7. The quantitative estimate of drug-likeness (QED) is 0.935. The summed E-state index contributed by atoms with van der Waals surface area (Å²) in [7, 11) is 1.95. The summed E-state index contributed by atoms with van der Waals surface area (Å²) >= 11 is 1.51. The Kier molecular flexibility index (Phi) is 4.64. The van der Waals surface area contributed by atoms with Crippen LogP contribution in [0.4, 0.5) is 9.52 Å². The van der Waals surface area contributed by atoms with Gasteiger partial charge in [0.1, 0.15) is 5.82 Å². The van der Waals surface area contributed by atoms with E-state index in [1.165, 1.54) is 23.5 Å². The first kappa shape index (κ1) is 15.9. The van der Waals surface area contributed by atoms with Crippen molar-refractivity contribution in [3.8, 4) is 0 Å². The van der Waals surface area contributed by atoms with Crippen LogP contribution in [0.25, 0.3) is 0 Å². The number of anilines is 1. The number of hydrogen-bond acceptors (Lipinski definition) is 4. The average molecular weight is 308 g/mol. The van der Waals surface area contributed by atoms with E-state index < -0.39 is 0 Å². The summed E-state index contributed by atoms with van der Waals surface area (Å²) in [6, 6.07) is 6.48. The monoisotopic (exact) mass is 308 g/mol. The maximum Gasteiger partial charge on any atom is 0.185 e. The van der Waals surface area contributed by atoms with E-state index in [-0.39, 0.29) is 17.8 Å². The van der Waals surface area contributed by atoms with Crippen LogP contribution in [0.15, 0.2) is 24.3 Å². The molecule has 3 nitrogen and oxygen atoms in total. The Bertz CT molecular complexity index is 602. The van der Waals surface area contributed by atoms with E-state index in [0.717, 1.165) is 21.3 Å². The van der Waals surface area contributed by atoms with Gasteiger partial charge in [0.25, 0.3) is 0 Å². The third-order valence-electron chi connectivity index (χ3n) is 3.20. The van der Waals surface area contributed by atoms with Gasteiger partial charge in [-0.25, -0.2) is 9.37 Å². The molecule has 21 heavy (non-hydrogen) atoms. The van der Waals surface area contributed by atoms with E-state index in [1.54, 1.807) is 12.1 Å².